The summed E-state index contributed by atoms with van der Waals surface area (Å²) in [7, 11) is 1.82. The molecule has 0 unspecified atom stereocenters. The number of halogens is 1. The molecular formula is C31H34ClN5O2. The fraction of sp³-hybridized carbons (Fsp3) is 0.290. The van der Waals surface area contributed by atoms with Crippen molar-refractivity contribution in [3.8, 4) is 5.88 Å². The van der Waals surface area contributed by atoms with Gasteiger partial charge < -0.3 is 19.9 Å². The maximum Gasteiger partial charge on any atom is 0.240 e. The molecular weight excluding hydrogens is 510 g/mol. The van der Waals surface area contributed by atoms with Crippen LogP contribution in [0.2, 0.25) is 5.02 Å². The molecule has 1 aliphatic heterocycles. The van der Waals surface area contributed by atoms with Crippen LogP contribution in [-0.4, -0.2) is 77.8 Å². The summed E-state index contributed by atoms with van der Waals surface area (Å²) < 4.78 is 0. The standard InChI is InChI=1S/C31H34ClN5O2/c1-3-15-36-16-18-37(19-17-36)21-28(38)35(2)25-12-10-24(11-13-25)33-30(22-7-5-4-6-8-22)29-26-14-9-23(32)20-27(26)34-31(29)39/h4-14,20,34,39H,3,15-19,21H2,1-2H3. The van der Waals surface area contributed by atoms with Gasteiger partial charge in [-0.1, -0.05) is 54.9 Å². The summed E-state index contributed by atoms with van der Waals surface area (Å²) in [6.45, 7) is 7.60. The van der Waals surface area contributed by atoms with Gasteiger partial charge in [-0.05, 0) is 49.4 Å². The van der Waals surface area contributed by atoms with Crippen molar-refractivity contribution in [3.05, 3.63) is 88.9 Å². The predicted octanol–water partition coefficient (Wildman–Crippen LogP) is 5.69. The van der Waals surface area contributed by atoms with Gasteiger partial charge in [-0.15, -0.1) is 0 Å². The number of hydrogen-bond acceptors (Lipinski definition) is 5. The fourth-order valence-corrected chi connectivity index (χ4v) is 5.24. The predicted molar refractivity (Wildman–Crippen MR) is 160 cm³/mol. The Balaban J connectivity index is 1.37. The SMILES string of the molecule is CCCN1CCN(CC(=O)N(C)c2ccc(N=C(c3ccccc3)c3c(O)[nH]c4cc(Cl)ccc34)cc2)CC1. The van der Waals surface area contributed by atoms with Crippen molar-refractivity contribution in [2.75, 3.05) is 51.2 Å². The van der Waals surface area contributed by atoms with Gasteiger partial charge in [0.1, 0.15) is 0 Å². The molecule has 0 bridgehead atoms. The zero-order chi connectivity index (χ0) is 27.4. The molecule has 7 nitrogen and oxygen atoms in total. The van der Waals surface area contributed by atoms with E-state index in [1.807, 2.05) is 67.7 Å². The molecule has 1 aliphatic rings. The summed E-state index contributed by atoms with van der Waals surface area (Å²) in [5.41, 5.74) is 4.40. The highest BCUT2D eigenvalue weighted by Gasteiger charge is 2.21. The maximum atomic E-state index is 13.0. The number of rotatable bonds is 8. The first-order valence-corrected chi connectivity index (χ1v) is 13.8. The van der Waals surface area contributed by atoms with Crippen LogP contribution in [0.5, 0.6) is 5.88 Å². The Labute approximate surface area is 234 Å². The third kappa shape index (κ3) is 6.17. The monoisotopic (exact) mass is 543 g/mol. The molecule has 0 saturated carbocycles. The molecule has 8 heteroatoms. The minimum Gasteiger partial charge on any atom is -0.494 e. The normalized spacial score (nSPS) is 15.1. The van der Waals surface area contributed by atoms with E-state index in [0.29, 0.717) is 28.5 Å². The number of carbonyl (C=O) groups is 1. The number of hydrogen-bond donors (Lipinski definition) is 2. The molecule has 39 heavy (non-hydrogen) atoms. The Morgan fingerprint density at radius 3 is 2.38 bits per heavy atom. The lowest BCUT2D eigenvalue weighted by Gasteiger charge is -2.34. The topological polar surface area (TPSA) is 75.2 Å². The molecule has 3 aromatic carbocycles. The number of aliphatic imine (C=N–C) groups is 1. The van der Waals surface area contributed by atoms with Crippen molar-refractivity contribution in [1.82, 2.24) is 14.8 Å². The average Bonchev–Trinajstić information content (AvgIpc) is 3.27. The van der Waals surface area contributed by atoms with Gasteiger partial charge in [-0.25, -0.2) is 4.99 Å². The Morgan fingerprint density at radius 1 is 1.00 bits per heavy atom. The van der Waals surface area contributed by atoms with Crippen molar-refractivity contribution in [2.24, 2.45) is 4.99 Å². The quantitative estimate of drug-likeness (QED) is 0.280. The van der Waals surface area contributed by atoms with E-state index in [1.165, 1.54) is 0 Å². The first-order valence-electron chi connectivity index (χ1n) is 13.4. The van der Waals surface area contributed by atoms with Gasteiger partial charge in [0.25, 0.3) is 0 Å². The number of aromatic amines is 1. The van der Waals surface area contributed by atoms with E-state index in [4.69, 9.17) is 16.6 Å². The number of nitrogens with zero attached hydrogens (tertiary/aromatic N) is 4. The molecule has 2 heterocycles. The number of aromatic nitrogens is 1. The van der Waals surface area contributed by atoms with Gasteiger partial charge in [0.15, 0.2) is 5.88 Å². The van der Waals surface area contributed by atoms with Crippen LogP contribution in [0.25, 0.3) is 10.9 Å². The Hall–Kier alpha value is -3.65. The number of likely N-dealkylation sites (N-methyl/N-ethyl adjacent to an activating group) is 1. The van der Waals surface area contributed by atoms with Crippen LogP contribution in [-0.2, 0) is 4.79 Å². The Morgan fingerprint density at radius 2 is 1.69 bits per heavy atom. The molecule has 5 rings (SSSR count). The zero-order valence-corrected chi connectivity index (χ0v) is 23.2. The number of carbonyl (C=O) groups excluding carboxylic acids is 1. The number of H-pyrrole nitrogens is 1. The average molecular weight is 544 g/mol. The summed E-state index contributed by atoms with van der Waals surface area (Å²) >= 11 is 6.18. The summed E-state index contributed by atoms with van der Waals surface area (Å²) in [4.78, 5) is 27.4. The minimum absolute atomic E-state index is 0.0346. The summed E-state index contributed by atoms with van der Waals surface area (Å²) in [5, 5.41) is 12.3. The number of fused-ring (bicyclic) bond motifs is 1. The number of benzene rings is 3. The van der Waals surface area contributed by atoms with E-state index in [9.17, 15) is 9.90 Å². The highest BCUT2D eigenvalue weighted by atomic mass is 35.5. The lowest BCUT2D eigenvalue weighted by Crippen LogP contribution is -2.49. The molecule has 202 valence electrons. The van der Waals surface area contributed by atoms with Gasteiger partial charge in [0, 0.05) is 54.9 Å². The molecule has 1 amide bonds. The van der Waals surface area contributed by atoms with Crippen LogP contribution in [0.3, 0.4) is 0 Å². The smallest absolute Gasteiger partial charge is 0.240 e. The third-order valence-electron chi connectivity index (χ3n) is 7.24. The molecule has 0 atom stereocenters. The van der Waals surface area contributed by atoms with Gasteiger partial charge in [0.05, 0.1) is 29.0 Å². The van der Waals surface area contributed by atoms with Crippen LogP contribution in [0.15, 0.2) is 77.8 Å². The number of amides is 1. The van der Waals surface area contributed by atoms with Gasteiger partial charge in [-0.3, -0.25) is 9.69 Å². The fourth-order valence-electron chi connectivity index (χ4n) is 5.06. The maximum absolute atomic E-state index is 13.0. The van der Waals surface area contributed by atoms with Crippen LogP contribution >= 0.6 is 11.6 Å². The van der Waals surface area contributed by atoms with E-state index in [-0.39, 0.29) is 11.8 Å². The van der Waals surface area contributed by atoms with Gasteiger partial charge >= 0.3 is 0 Å². The molecule has 1 saturated heterocycles. The number of aromatic hydroxyl groups is 1. The van der Waals surface area contributed by atoms with Crippen molar-refractivity contribution < 1.29 is 9.90 Å². The lowest BCUT2D eigenvalue weighted by molar-refractivity contribution is -0.119. The largest absolute Gasteiger partial charge is 0.494 e. The minimum atomic E-state index is 0.0346. The van der Waals surface area contributed by atoms with E-state index in [2.05, 4.69) is 21.7 Å². The second-order valence-corrected chi connectivity index (χ2v) is 10.4. The lowest BCUT2D eigenvalue weighted by atomic mass is 10.0. The summed E-state index contributed by atoms with van der Waals surface area (Å²) in [6.07, 6.45) is 1.16. The van der Waals surface area contributed by atoms with Gasteiger partial charge in [0.2, 0.25) is 5.91 Å². The highest BCUT2D eigenvalue weighted by Crippen LogP contribution is 2.33. The molecule has 0 spiro atoms. The Bertz CT molecular complexity index is 1460. The van der Waals surface area contributed by atoms with E-state index in [1.54, 1.807) is 17.0 Å². The molecule has 2 N–H and O–H groups in total. The molecule has 0 radical (unpaired) electrons. The Kier molecular flexibility index (Phi) is 8.31. The van der Waals surface area contributed by atoms with E-state index < -0.39 is 0 Å². The van der Waals surface area contributed by atoms with Crippen LogP contribution < -0.4 is 4.90 Å². The molecule has 4 aromatic rings. The number of piperazine rings is 1. The summed E-state index contributed by atoms with van der Waals surface area (Å²) in [5.74, 6) is 0.106. The molecule has 1 fully saturated rings. The molecule has 1 aromatic heterocycles. The van der Waals surface area contributed by atoms with Crippen molar-refractivity contribution in [3.63, 3.8) is 0 Å². The van der Waals surface area contributed by atoms with Crippen molar-refractivity contribution >= 4 is 45.5 Å². The van der Waals surface area contributed by atoms with E-state index in [0.717, 1.165) is 61.3 Å². The number of nitrogens with one attached hydrogen (secondary N) is 1. The first-order chi connectivity index (χ1) is 18.9. The second kappa shape index (κ2) is 12.0. The van der Waals surface area contributed by atoms with Crippen molar-refractivity contribution in [1.29, 1.82) is 0 Å². The van der Waals surface area contributed by atoms with E-state index >= 15 is 0 Å². The summed E-state index contributed by atoms with van der Waals surface area (Å²) in [6, 6.07) is 22.9. The van der Waals surface area contributed by atoms with Gasteiger partial charge in [-0.2, -0.15) is 0 Å². The highest BCUT2D eigenvalue weighted by molar-refractivity contribution is 6.31. The van der Waals surface area contributed by atoms with Crippen LogP contribution in [0.1, 0.15) is 24.5 Å². The number of anilines is 1. The third-order valence-corrected chi connectivity index (χ3v) is 7.48. The molecule has 0 aliphatic carbocycles. The zero-order valence-electron chi connectivity index (χ0n) is 22.4. The van der Waals surface area contributed by atoms with Crippen molar-refractivity contribution in [2.45, 2.75) is 13.3 Å². The van der Waals surface area contributed by atoms with Crippen LogP contribution in [0, 0.1) is 0 Å². The van der Waals surface area contributed by atoms with Crippen LogP contribution in [0.4, 0.5) is 11.4 Å². The first kappa shape index (κ1) is 26.9. The second-order valence-electron chi connectivity index (χ2n) is 9.95.